The van der Waals surface area contributed by atoms with Crippen molar-refractivity contribution < 1.29 is 9.59 Å². The zero-order valence-electron chi connectivity index (χ0n) is 12.2. The first-order valence-electron chi connectivity index (χ1n) is 7.62. The van der Waals surface area contributed by atoms with E-state index in [0.29, 0.717) is 12.5 Å². The van der Waals surface area contributed by atoms with Crippen LogP contribution in [0.4, 0.5) is 4.79 Å². The van der Waals surface area contributed by atoms with Crippen molar-refractivity contribution in [3.05, 3.63) is 0 Å². The van der Waals surface area contributed by atoms with Crippen molar-refractivity contribution in [2.45, 2.75) is 51.1 Å². The first-order valence-corrected chi connectivity index (χ1v) is 7.62. The van der Waals surface area contributed by atoms with E-state index in [1.807, 2.05) is 4.90 Å². The molecule has 2 fully saturated rings. The van der Waals surface area contributed by atoms with E-state index in [9.17, 15) is 9.59 Å². The van der Waals surface area contributed by atoms with Crippen LogP contribution in [0.5, 0.6) is 0 Å². The zero-order chi connectivity index (χ0) is 14.5. The number of nitrogens with zero attached hydrogens (tertiary/aromatic N) is 1. The Morgan fingerprint density at radius 1 is 1.15 bits per heavy atom. The number of likely N-dealkylation sites (tertiary alicyclic amines) is 1. The van der Waals surface area contributed by atoms with Crippen molar-refractivity contribution in [1.29, 1.82) is 0 Å². The van der Waals surface area contributed by atoms with E-state index in [4.69, 9.17) is 5.73 Å². The summed E-state index contributed by atoms with van der Waals surface area (Å²) < 4.78 is 0. The monoisotopic (exact) mass is 282 g/mol. The molecule has 2 atom stereocenters. The molecule has 4 N–H and O–H groups in total. The molecule has 3 amide bonds. The van der Waals surface area contributed by atoms with Crippen molar-refractivity contribution >= 4 is 11.9 Å². The third-order valence-electron chi connectivity index (χ3n) is 4.55. The van der Waals surface area contributed by atoms with Crippen molar-refractivity contribution in [1.82, 2.24) is 15.5 Å². The quantitative estimate of drug-likeness (QED) is 0.701. The topological polar surface area (TPSA) is 87.5 Å². The Bertz CT molecular complexity index is 353. The van der Waals surface area contributed by atoms with Gasteiger partial charge in [0.2, 0.25) is 5.91 Å². The third-order valence-corrected chi connectivity index (χ3v) is 4.55. The second-order valence-electron chi connectivity index (χ2n) is 5.93. The number of hydrogen-bond acceptors (Lipinski definition) is 3. The van der Waals surface area contributed by atoms with Gasteiger partial charge < -0.3 is 21.3 Å². The second kappa shape index (κ2) is 6.92. The molecule has 0 radical (unpaired) electrons. The largest absolute Gasteiger partial charge is 0.343 e. The third kappa shape index (κ3) is 3.85. The first kappa shape index (κ1) is 15.1. The molecule has 6 heteroatoms. The van der Waals surface area contributed by atoms with Gasteiger partial charge in [0, 0.05) is 32.1 Å². The number of nitrogens with two attached hydrogens (primary N) is 1. The fourth-order valence-corrected chi connectivity index (χ4v) is 3.24. The molecule has 0 spiro atoms. The van der Waals surface area contributed by atoms with Gasteiger partial charge in [-0.3, -0.25) is 4.79 Å². The first-order chi connectivity index (χ1) is 9.60. The van der Waals surface area contributed by atoms with Crippen LogP contribution in [-0.2, 0) is 4.79 Å². The van der Waals surface area contributed by atoms with Gasteiger partial charge >= 0.3 is 6.03 Å². The van der Waals surface area contributed by atoms with Crippen molar-refractivity contribution in [2.75, 3.05) is 19.6 Å². The Balaban J connectivity index is 1.71. The molecule has 1 saturated heterocycles. The Hall–Kier alpha value is -1.30. The molecule has 0 aromatic carbocycles. The average Bonchev–Trinajstić information content (AvgIpc) is 2.86. The van der Waals surface area contributed by atoms with Crippen LogP contribution in [0.25, 0.3) is 0 Å². The van der Waals surface area contributed by atoms with Crippen LogP contribution in [0.1, 0.15) is 39.0 Å². The van der Waals surface area contributed by atoms with Gasteiger partial charge in [-0.25, -0.2) is 4.79 Å². The number of urea groups is 1. The van der Waals surface area contributed by atoms with Crippen molar-refractivity contribution in [3.8, 4) is 0 Å². The Kier molecular flexibility index (Phi) is 5.23. The summed E-state index contributed by atoms with van der Waals surface area (Å²) in [4.78, 5) is 25.1. The van der Waals surface area contributed by atoms with E-state index in [1.54, 1.807) is 6.92 Å². The highest BCUT2D eigenvalue weighted by molar-refractivity contribution is 5.75. The Labute approximate surface area is 120 Å². The van der Waals surface area contributed by atoms with Crippen LogP contribution >= 0.6 is 0 Å². The lowest BCUT2D eigenvalue weighted by atomic mass is 10.0. The van der Waals surface area contributed by atoms with E-state index in [0.717, 1.165) is 45.2 Å². The SMILES string of the molecule is CC(=O)N1CCC(NC(=O)NC2CCCC2CN)CC1. The van der Waals surface area contributed by atoms with Gasteiger partial charge in [-0.2, -0.15) is 0 Å². The smallest absolute Gasteiger partial charge is 0.315 e. The van der Waals surface area contributed by atoms with Gasteiger partial charge in [0.15, 0.2) is 0 Å². The Morgan fingerprint density at radius 3 is 2.45 bits per heavy atom. The number of carbonyl (C=O) groups is 2. The molecule has 2 aliphatic rings. The summed E-state index contributed by atoms with van der Waals surface area (Å²) in [6.07, 6.45) is 4.94. The molecule has 1 aliphatic heterocycles. The molecule has 6 nitrogen and oxygen atoms in total. The average molecular weight is 282 g/mol. The maximum absolute atomic E-state index is 12.0. The zero-order valence-corrected chi connectivity index (χ0v) is 12.2. The highest BCUT2D eigenvalue weighted by Gasteiger charge is 2.28. The van der Waals surface area contributed by atoms with Gasteiger partial charge in [0.1, 0.15) is 0 Å². The van der Waals surface area contributed by atoms with Crippen LogP contribution in [-0.4, -0.2) is 48.6 Å². The summed E-state index contributed by atoms with van der Waals surface area (Å²) in [5.41, 5.74) is 5.72. The fourth-order valence-electron chi connectivity index (χ4n) is 3.24. The highest BCUT2D eigenvalue weighted by Crippen LogP contribution is 2.24. The number of amides is 3. The van der Waals surface area contributed by atoms with E-state index in [1.165, 1.54) is 0 Å². The van der Waals surface area contributed by atoms with Crippen LogP contribution in [0.15, 0.2) is 0 Å². The minimum atomic E-state index is -0.0865. The Morgan fingerprint density at radius 2 is 1.85 bits per heavy atom. The molecule has 114 valence electrons. The minimum absolute atomic E-state index is 0.0865. The lowest BCUT2D eigenvalue weighted by molar-refractivity contribution is -0.129. The fraction of sp³-hybridized carbons (Fsp3) is 0.857. The maximum atomic E-state index is 12.0. The predicted molar refractivity (Wildman–Crippen MR) is 77.1 cm³/mol. The molecular formula is C14H26N4O2. The van der Waals surface area contributed by atoms with Gasteiger partial charge in [-0.15, -0.1) is 0 Å². The van der Waals surface area contributed by atoms with Gasteiger partial charge in [-0.1, -0.05) is 6.42 Å². The van der Waals surface area contributed by atoms with Gasteiger partial charge in [0.05, 0.1) is 0 Å². The molecule has 1 saturated carbocycles. The van der Waals surface area contributed by atoms with Crippen molar-refractivity contribution in [2.24, 2.45) is 11.7 Å². The lowest BCUT2D eigenvalue weighted by Crippen LogP contribution is -2.51. The summed E-state index contributed by atoms with van der Waals surface area (Å²) >= 11 is 0. The van der Waals surface area contributed by atoms with Crippen LogP contribution in [0.2, 0.25) is 0 Å². The van der Waals surface area contributed by atoms with E-state index >= 15 is 0 Å². The summed E-state index contributed by atoms with van der Waals surface area (Å²) in [7, 11) is 0. The molecule has 0 aromatic heterocycles. The highest BCUT2D eigenvalue weighted by atomic mass is 16.2. The number of rotatable bonds is 3. The summed E-state index contributed by atoms with van der Waals surface area (Å²) in [6, 6.07) is 0.303. The molecule has 2 unspecified atom stereocenters. The van der Waals surface area contributed by atoms with E-state index in [-0.39, 0.29) is 24.0 Å². The van der Waals surface area contributed by atoms with Crippen LogP contribution < -0.4 is 16.4 Å². The molecule has 2 rings (SSSR count). The summed E-state index contributed by atoms with van der Waals surface area (Å²) in [5, 5.41) is 6.07. The number of carbonyl (C=O) groups excluding carboxylic acids is 2. The van der Waals surface area contributed by atoms with Crippen LogP contribution in [0, 0.1) is 5.92 Å². The van der Waals surface area contributed by atoms with Gasteiger partial charge in [-0.05, 0) is 38.1 Å². The minimum Gasteiger partial charge on any atom is -0.343 e. The van der Waals surface area contributed by atoms with Crippen molar-refractivity contribution in [3.63, 3.8) is 0 Å². The van der Waals surface area contributed by atoms with E-state index < -0.39 is 0 Å². The number of nitrogens with one attached hydrogen (secondary N) is 2. The normalized spacial score (nSPS) is 27.4. The molecular weight excluding hydrogens is 256 g/mol. The molecule has 0 aromatic rings. The molecule has 0 bridgehead atoms. The van der Waals surface area contributed by atoms with Crippen LogP contribution in [0.3, 0.4) is 0 Å². The molecule has 20 heavy (non-hydrogen) atoms. The second-order valence-corrected chi connectivity index (χ2v) is 5.93. The predicted octanol–water partition coefficient (Wildman–Crippen LogP) is 0.424. The summed E-state index contributed by atoms with van der Waals surface area (Å²) in [5.74, 6) is 0.532. The van der Waals surface area contributed by atoms with Gasteiger partial charge in [0.25, 0.3) is 0 Å². The number of piperidine rings is 1. The molecule has 1 heterocycles. The lowest BCUT2D eigenvalue weighted by Gasteiger charge is -2.32. The van der Waals surface area contributed by atoms with E-state index in [2.05, 4.69) is 10.6 Å². The summed E-state index contributed by atoms with van der Waals surface area (Å²) in [6.45, 7) is 3.69. The standard InChI is InChI=1S/C14H26N4O2/c1-10(19)18-7-5-12(6-8-18)16-14(20)17-13-4-2-3-11(13)9-15/h11-13H,2-9,15H2,1H3,(H2,16,17,20). The number of hydrogen-bond donors (Lipinski definition) is 3. The molecule has 1 aliphatic carbocycles. The maximum Gasteiger partial charge on any atom is 0.315 e.